The number of esters is 1. The van der Waals surface area contributed by atoms with Crippen LogP contribution in [-0.4, -0.2) is 34.6 Å². The molecule has 0 unspecified atom stereocenters. The van der Waals surface area contributed by atoms with E-state index in [0.717, 1.165) is 36.9 Å². The van der Waals surface area contributed by atoms with E-state index in [1.54, 1.807) is 6.08 Å². The number of hydrogen-bond acceptors (Lipinski definition) is 4. The van der Waals surface area contributed by atoms with Crippen molar-refractivity contribution in [2.24, 2.45) is 0 Å². The zero-order valence-corrected chi connectivity index (χ0v) is 17.5. The molecule has 0 radical (unpaired) electrons. The van der Waals surface area contributed by atoms with Crippen molar-refractivity contribution in [2.75, 3.05) is 0 Å². The zero-order valence-electron chi connectivity index (χ0n) is 17.5. The summed E-state index contributed by atoms with van der Waals surface area (Å²) in [6.45, 7) is 5.55. The number of hydrogen-bond donors (Lipinski definition) is 2. The van der Waals surface area contributed by atoms with Gasteiger partial charge in [0.25, 0.3) is 5.91 Å². The first-order valence-corrected chi connectivity index (χ1v) is 10.5. The van der Waals surface area contributed by atoms with Crippen molar-refractivity contribution in [1.29, 1.82) is 0 Å². The van der Waals surface area contributed by atoms with Crippen LogP contribution < -0.4 is 10.6 Å². The van der Waals surface area contributed by atoms with E-state index in [1.807, 2.05) is 13.0 Å². The first-order valence-electron chi connectivity index (χ1n) is 10.5. The van der Waals surface area contributed by atoms with Gasteiger partial charge >= 0.3 is 12.0 Å². The van der Waals surface area contributed by atoms with Gasteiger partial charge in [0.15, 0.2) is 6.10 Å². The second kappa shape index (κ2) is 9.29. The summed E-state index contributed by atoms with van der Waals surface area (Å²) in [7, 11) is 0. The number of ether oxygens (including phenoxy) is 1. The fraction of sp³-hybridized carbons (Fsp3) is 0.591. The van der Waals surface area contributed by atoms with Crippen LogP contribution in [0.3, 0.4) is 0 Å². The van der Waals surface area contributed by atoms with Crippen LogP contribution in [0.15, 0.2) is 12.1 Å². The SMILES string of the molecule is Cc1cc(/C=C/C(=O)O[C@H](C)C(=O)NC(=O)NC2CCCCC2)c(C)n1C1CC1. The van der Waals surface area contributed by atoms with Gasteiger partial charge in [-0.1, -0.05) is 19.3 Å². The second-order valence-electron chi connectivity index (χ2n) is 8.14. The average molecular weight is 402 g/mol. The molecule has 0 bridgehead atoms. The molecule has 2 saturated carbocycles. The molecule has 29 heavy (non-hydrogen) atoms. The van der Waals surface area contributed by atoms with Crippen molar-refractivity contribution < 1.29 is 19.1 Å². The number of urea groups is 1. The fourth-order valence-electron chi connectivity index (χ4n) is 3.97. The molecule has 2 aliphatic rings. The minimum atomic E-state index is -1.05. The number of nitrogens with one attached hydrogen (secondary N) is 2. The van der Waals surface area contributed by atoms with Gasteiger partial charge in [-0.25, -0.2) is 9.59 Å². The Kier molecular flexibility index (Phi) is 6.77. The lowest BCUT2D eigenvalue weighted by molar-refractivity contribution is -0.149. The van der Waals surface area contributed by atoms with E-state index in [4.69, 9.17) is 4.74 Å². The average Bonchev–Trinajstić information content (AvgIpc) is 3.46. The van der Waals surface area contributed by atoms with Crippen molar-refractivity contribution in [3.63, 3.8) is 0 Å². The Balaban J connectivity index is 1.47. The van der Waals surface area contributed by atoms with Gasteiger partial charge in [0, 0.05) is 29.5 Å². The Morgan fingerprint density at radius 1 is 1.14 bits per heavy atom. The molecule has 1 aromatic heterocycles. The number of imide groups is 1. The Hall–Kier alpha value is -2.57. The minimum absolute atomic E-state index is 0.104. The summed E-state index contributed by atoms with van der Waals surface area (Å²) in [6.07, 6.45) is 9.59. The van der Waals surface area contributed by atoms with Gasteiger partial charge < -0.3 is 14.6 Å². The first kappa shape index (κ1) is 21.1. The Morgan fingerprint density at radius 2 is 1.83 bits per heavy atom. The number of aromatic nitrogens is 1. The highest BCUT2D eigenvalue weighted by atomic mass is 16.5. The van der Waals surface area contributed by atoms with Crippen LogP contribution in [0.4, 0.5) is 4.79 Å². The molecule has 0 aromatic carbocycles. The molecule has 7 nitrogen and oxygen atoms in total. The summed E-state index contributed by atoms with van der Waals surface area (Å²) in [5, 5.41) is 5.06. The lowest BCUT2D eigenvalue weighted by atomic mass is 9.96. The van der Waals surface area contributed by atoms with Crippen molar-refractivity contribution in [3.8, 4) is 0 Å². The molecule has 1 heterocycles. The summed E-state index contributed by atoms with van der Waals surface area (Å²) in [5.74, 6) is -1.25. The van der Waals surface area contributed by atoms with Gasteiger partial charge in [-0.05, 0) is 64.2 Å². The molecular formula is C22H31N3O4. The molecule has 0 aliphatic heterocycles. The molecule has 2 fully saturated rings. The van der Waals surface area contributed by atoms with Crippen LogP contribution in [0.5, 0.6) is 0 Å². The highest BCUT2D eigenvalue weighted by molar-refractivity contribution is 5.98. The van der Waals surface area contributed by atoms with Gasteiger partial charge in [-0.15, -0.1) is 0 Å². The number of carbonyl (C=O) groups is 3. The van der Waals surface area contributed by atoms with E-state index >= 15 is 0 Å². The number of nitrogens with zero attached hydrogens (tertiary/aromatic N) is 1. The maximum absolute atomic E-state index is 12.1. The summed E-state index contributed by atoms with van der Waals surface area (Å²) >= 11 is 0. The molecule has 0 spiro atoms. The van der Waals surface area contributed by atoms with Crippen molar-refractivity contribution in [3.05, 3.63) is 29.1 Å². The molecule has 1 aromatic rings. The fourth-order valence-corrected chi connectivity index (χ4v) is 3.97. The quantitative estimate of drug-likeness (QED) is 0.564. The first-order chi connectivity index (χ1) is 13.8. The summed E-state index contributed by atoms with van der Waals surface area (Å²) < 4.78 is 7.43. The molecule has 158 valence electrons. The highest BCUT2D eigenvalue weighted by Gasteiger charge is 2.26. The van der Waals surface area contributed by atoms with Crippen LogP contribution in [0.1, 0.15) is 74.9 Å². The van der Waals surface area contributed by atoms with Gasteiger partial charge in [-0.3, -0.25) is 10.1 Å². The normalized spacial score (nSPS) is 18.4. The third kappa shape index (κ3) is 5.71. The van der Waals surface area contributed by atoms with Crippen molar-refractivity contribution in [2.45, 2.75) is 83.9 Å². The van der Waals surface area contributed by atoms with E-state index in [0.29, 0.717) is 6.04 Å². The van der Waals surface area contributed by atoms with Crippen LogP contribution in [0, 0.1) is 13.8 Å². The monoisotopic (exact) mass is 401 g/mol. The number of amides is 3. The maximum atomic E-state index is 12.1. The van der Waals surface area contributed by atoms with Gasteiger partial charge in [0.05, 0.1) is 0 Å². The third-order valence-electron chi connectivity index (χ3n) is 5.67. The number of aryl methyl sites for hydroxylation is 1. The van der Waals surface area contributed by atoms with Gasteiger partial charge in [0.1, 0.15) is 0 Å². The summed E-state index contributed by atoms with van der Waals surface area (Å²) in [6, 6.07) is 2.19. The van der Waals surface area contributed by atoms with E-state index < -0.39 is 24.0 Å². The van der Waals surface area contributed by atoms with Crippen LogP contribution in [0.2, 0.25) is 0 Å². The molecular weight excluding hydrogens is 370 g/mol. The van der Waals surface area contributed by atoms with Gasteiger partial charge in [0.2, 0.25) is 0 Å². The predicted octanol–water partition coefficient (Wildman–Crippen LogP) is 3.54. The Labute approximate surface area is 171 Å². The standard InChI is InChI=1S/C22H31N3O4/c1-14-13-17(15(2)25(14)19-10-11-19)9-12-20(26)29-16(3)21(27)24-22(28)23-18-7-5-4-6-8-18/h9,12-13,16,18-19H,4-8,10-11H2,1-3H3,(H2,23,24,27,28)/b12-9+/t16-/m1/s1. The van der Waals surface area contributed by atoms with E-state index in [9.17, 15) is 14.4 Å². The van der Waals surface area contributed by atoms with Gasteiger partial charge in [-0.2, -0.15) is 0 Å². The lowest BCUT2D eigenvalue weighted by Crippen LogP contribution is -2.48. The molecule has 7 heteroatoms. The molecule has 3 rings (SSSR count). The largest absolute Gasteiger partial charge is 0.449 e. The second-order valence-corrected chi connectivity index (χ2v) is 8.14. The number of carbonyl (C=O) groups excluding carboxylic acids is 3. The topological polar surface area (TPSA) is 89.4 Å². The third-order valence-corrected chi connectivity index (χ3v) is 5.67. The molecule has 3 amide bonds. The lowest BCUT2D eigenvalue weighted by Gasteiger charge is -2.23. The Morgan fingerprint density at radius 3 is 2.48 bits per heavy atom. The minimum Gasteiger partial charge on any atom is -0.449 e. The van der Waals surface area contributed by atoms with E-state index in [1.165, 1.54) is 38.0 Å². The highest BCUT2D eigenvalue weighted by Crippen LogP contribution is 2.38. The van der Waals surface area contributed by atoms with E-state index in [-0.39, 0.29) is 6.04 Å². The molecule has 2 aliphatic carbocycles. The van der Waals surface area contributed by atoms with E-state index in [2.05, 4.69) is 22.1 Å². The maximum Gasteiger partial charge on any atom is 0.331 e. The summed E-state index contributed by atoms with van der Waals surface area (Å²) in [5.41, 5.74) is 3.27. The van der Waals surface area contributed by atoms with Crippen molar-refractivity contribution in [1.82, 2.24) is 15.2 Å². The van der Waals surface area contributed by atoms with Crippen LogP contribution in [0.25, 0.3) is 6.08 Å². The molecule has 0 saturated heterocycles. The number of rotatable bonds is 6. The molecule has 1 atom stereocenters. The predicted molar refractivity (Wildman–Crippen MR) is 110 cm³/mol. The van der Waals surface area contributed by atoms with Crippen LogP contribution in [-0.2, 0) is 14.3 Å². The molecule has 2 N–H and O–H groups in total. The van der Waals surface area contributed by atoms with Crippen LogP contribution >= 0.6 is 0 Å². The summed E-state index contributed by atoms with van der Waals surface area (Å²) in [4.78, 5) is 36.2. The zero-order chi connectivity index (χ0) is 21.0. The van der Waals surface area contributed by atoms with Crippen molar-refractivity contribution >= 4 is 24.0 Å². The Bertz CT molecular complexity index is 801. The smallest absolute Gasteiger partial charge is 0.331 e.